The molecule has 1 aliphatic carbocycles. The predicted molar refractivity (Wildman–Crippen MR) is 63.5 cm³/mol. The molecule has 1 aromatic rings. The molecule has 1 saturated carbocycles. The Morgan fingerprint density at radius 1 is 1.38 bits per heavy atom. The molecule has 0 radical (unpaired) electrons. The molecule has 1 aliphatic rings. The Balaban J connectivity index is 1.99. The highest BCUT2D eigenvalue weighted by Crippen LogP contribution is 2.33. The Hall–Kier alpha value is -0.770. The lowest BCUT2D eigenvalue weighted by Gasteiger charge is -2.10. The fraction of sp³-hybridized carbons (Fsp3) is 0.500. The van der Waals surface area contributed by atoms with Crippen molar-refractivity contribution >= 4 is 11.6 Å². The van der Waals surface area contributed by atoms with Crippen molar-refractivity contribution in [2.75, 3.05) is 13.2 Å². The van der Waals surface area contributed by atoms with Crippen LogP contribution in [-0.2, 0) is 11.3 Å². The summed E-state index contributed by atoms with van der Waals surface area (Å²) in [4.78, 5) is 4.55. The van der Waals surface area contributed by atoms with E-state index in [1.807, 2.05) is 18.2 Å². The lowest BCUT2D eigenvalue weighted by molar-refractivity contribution is 0.141. The SMILES string of the molecule is NOCCc1cccc(OCC2CC2)c1Cl. The van der Waals surface area contributed by atoms with Crippen molar-refractivity contribution in [2.24, 2.45) is 11.8 Å². The molecule has 16 heavy (non-hydrogen) atoms. The van der Waals surface area contributed by atoms with Gasteiger partial charge in [-0.25, -0.2) is 5.90 Å². The van der Waals surface area contributed by atoms with Gasteiger partial charge in [0.25, 0.3) is 0 Å². The summed E-state index contributed by atoms with van der Waals surface area (Å²) in [6.45, 7) is 1.24. The molecule has 0 heterocycles. The van der Waals surface area contributed by atoms with Crippen molar-refractivity contribution in [1.29, 1.82) is 0 Å². The normalized spacial score (nSPS) is 15.1. The number of nitrogens with two attached hydrogens (primary N) is 1. The van der Waals surface area contributed by atoms with Crippen molar-refractivity contribution in [1.82, 2.24) is 0 Å². The van der Waals surface area contributed by atoms with Crippen molar-refractivity contribution in [2.45, 2.75) is 19.3 Å². The van der Waals surface area contributed by atoms with Crippen LogP contribution >= 0.6 is 11.6 Å². The first kappa shape index (κ1) is 11.7. The van der Waals surface area contributed by atoms with E-state index in [2.05, 4.69) is 4.84 Å². The summed E-state index contributed by atoms with van der Waals surface area (Å²) in [6, 6.07) is 5.81. The van der Waals surface area contributed by atoms with E-state index < -0.39 is 0 Å². The Morgan fingerprint density at radius 3 is 2.88 bits per heavy atom. The quantitative estimate of drug-likeness (QED) is 0.779. The fourth-order valence-electron chi connectivity index (χ4n) is 1.52. The molecule has 1 fully saturated rings. The molecule has 0 atom stereocenters. The largest absolute Gasteiger partial charge is 0.492 e. The van der Waals surface area contributed by atoms with Crippen LogP contribution in [-0.4, -0.2) is 13.2 Å². The highest BCUT2D eigenvalue weighted by atomic mass is 35.5. The first-order valence-corrected chi connectivity index (χ1v) is 5.91. The topological polar surface area (TPSA) is 44.5 Å². The van der Waals surface area contributed by atoms with Gasteiger partial charge in [-0.05, 0) is 36.8 Å². The molecule has 88 valence electrons. The van der Waals surface area contributed by atoms with Crippen LogP contribution < -0.4 is 10.6 Å². The molecular formula is C12H16ClNO2. The number of benzene rings is 1. The molecule has 0 aromatic heterocycles. The highest BCUT2D eigenvalue weighted by Gasteiger charge is 2.22. The van der Waals surface area contributed by atoms with Crippen LogP contribution in [0.5, 0.6) is 5.75 Å². The standard InChI is InChI=1S/C12H16ClNO2/c13-12-10(6-7-16-14)2-1-3-11(12)15-8-9-4-5-9/h1-3,9H,4-8,14H2. The predicted octanol–water partition coefficient (Wildman–Crippen LogP) is 2.56. The minimum absolute atomic E-state index is 0.464. The molecule has 0 saturated heterocycles. The fourth-order valence-corrected chi connectivity index (χ4v) is 1.80. The summed E-state index contributed by atoms with van der Waals surface area (Å²) in [7, 11) is 0. The van der Waals surface area contributed by atoms with Gasteiger partial charge in [0.15, 0.2) is 0 Å². The second kappa shape index (κ2) is 5.53. The number of rotatable bonds is 6. The van der Waals surface area contributed by atoms with Gasteiger partial charge in [-0.15, -0.1) is 0 Å². The zero-order valence-electron chi connectivity index (χ0n) is 9.12. The molecule has 1 aromatic carbocycles. The smallest absolute Gasteiger partial charge is 0.138 e. The van der Waals surface area contributed by atoms with Gasteiger partial charge in [0.2, 0.25) is 0 Å². The van der Waals surface area contributed by atoms with E-state index in [-0.39, 0.29) is 0 Å². The summed E-state index contributed by atoms with van der Waals surface area (Å²) < 4.78 is 5.68. The van der Waals surface area contributed by atoms with Crippen molar-refractivity contribution in [3.05, 3.63) is 28.8 Å². The average Bonchev–Trinajstić information content (AvgIpc) is 3.10. The highest BCUT2D eigenvalue weighted by molar-refractivity contribution is 6.32. The molecule has 2 rings (SSSR count). The minimum atomic E-state index is 0.464. The Labute approximate surface area is 100 Å². The molecule has 0 unspecified atom stereocenters. The number of ether oxygens (including phenoxy) is 1. The molecule has 0 spiro atoms. The van der Waals surface area contributed by atoms with Gasteiger partial charge in [-0.3, -0.25) is 0 Å². The van der Waals surface area contributed by atoms with E-state index in [1.165, 1.54) is 12.8 Å². The zero-order chi connectivity index (χ0) is 11.4. The second-order valence-electron chi connectivity index (χ2n) is 4.10. The van der Waals surface area contributed by atoms with E-state index >= 15 is 0 Å². The number of hydrogen-bond donors (Lipinski definition) is 1. The Bertz CT molecular complexity index is 353. The average molecular weight is 242 g/mol. The summed E-state index contributed by atoms with van der Waals surface area (Å²) >= 11 is 6.23. The summed E-state index contributed by atoms with van der Waals surface area (Å²) in [5.74, 6) is 6.49. The lowest BCUT2D eigenvalue weighted by atomic mass is 10.1. The first-order valence-electron chi connectivity index (χ1n) is 5.53. The van der Waals surface area contributed by atoms with Gasteiger partial charge < -0.3 is 9.57 Å². The molecule has 2 N–H and O–H groups in total. The van der Waals surface area contributed by atoms with E-state index in [0.717, 1.165) is 23.8 Å². The van der Waals surface area contributed by atoms with E-state index in [4.69, 9.17) is 22.2 Å². The number of hydrogen-bond acceptors (Lipinski definition) is 3. The molecule has 0 aliphatic heterocycles. The van der Waals surface area contributed by atoms with Gasteiger partial charge in [-0.2, -0.15) is 0 Å². The summed E-state index contributed by atoms with van der Waals surface area (Å²) in [5, 5.41) is 0.681. The molecule has 4 heteroatoms. The van der Waals surface area contributed by atoms with Gasteiger partial charge >= 0.3 is 0 Å². The first-order chi connectivity index (χ1) is 7.81. The van der Waals surface area contributed by atoms with Crippen molar-refractivity contribution < 1.29 is 9.57 Å². The zero-order valence-corrected chi connectivity index (χ0v) is 9.87. The van der Waals surface area contributed by atoms with Gasteiger partial charge in [0, 0.05) is 0 Å². The Kier molecular flexibility index (Phi) is 4.04. The third-order valence-corrected chi connectivity index (χ3v) is 3.13. The van der Waals surface area contributed by atoms with Gasteiger partial charge in [0.1, 0.15) is 5.75 Å². The van der Waals surface area contributed by atoms with Crippen LogP contribution in [0.1, 0.15) is 18.4 Å². The number of halogens is 1. The van der Waals surface area contributed by atoms with Crippen LogP contribution in [0.4, 0.5) is 0 Å². The van der Waals surface area contributed by atoms with Crippen LogP contribution in [0.15, 0.2) is 18.2 Å². The summed E-state index contributed by atoms with van der Waals surface area (Å²) in [6.07, 6.45) is 3.26. The van der Waals surface area contributed by atoms with Crippen molar-refractivity contribution in [3.63, 3.8) is 0 Å². The lowest BCUT2D eigenvalue weighted by Crippen LogP contribution is -2.05. The maximum absolute atomic E-state index is 6.23. The van der Waals surface area contributed by atoms with E-state index in [9.17, 15) is 0 Å². The minimum Gasteiger partial charge on any atom is -0.492 e. The Morgan fingerprint density at radius 2 is 2.19 bits per heavy atom. The molecule has 0 bridgehead atoms. The van der Waals surface area contributed by atoms with Crippen LogP contribution in [0.3, 0.4) is 0 Å². The maximum Gasteiger partial charge on any atom is 0.138 e. The van der Waals surface area contributed by atoms with Crippen LogP contribution in [0.25, 0.3) is 0 Å². The third-order valence-electron chi connectivity index (χ3n) is 2.70. The van der Waals surface area contributed by atoms with Crippen LogP contribution in [0, 0.1) is 5.92 Å². The van der Waals surface area contributed by atoms with Crippen LogP contribution in [0.2, 0.25) is 5.02 Å². The molecular weight excluding hydrogens is 226 g/mol. The van der Waals surface area contributed by atoms with E-state index in [0.29, 0.717) is 18.1 Å². The van der Waals surface area contributed by atoms with Gasteiger partial charge in [-0.1, -0.05) is 23.7 Å². The molecule has 0 amide bonds. The van der Waals surface area contributed by atoms with Crippen molar-refractivity contribution in [3.8, 4) is 5.75 Å². The van der Waals surface area contributed by atoms with E-state index in [1.54, 1.807) is 0 Å². The summed E-state index contributed by atoms with van der Waals surface area (Å²) in [5.41, 5.74) is 1.01. The monoisotopic (exact) mass is 241 g/mol. The van der Waals surface area contributed by atoms with Gasteiger partial charge in [0.05, 0.1) is 18.2 Å². The molecule has 3 nitrogen and oxygen atoms in total. The maximum atomic E-state index is 6.23. The second-order valence-corrected chi connectivity index (χ2v) is 4.48. The third kappa shape index (κ3) is 3.11.